The molecule has 1 atom stereocenters. The van der Waals surface area contributed by atoms with Crippen LogP contribution in [-0.4, -0.2) is 42.3 Å². The molecule has 3 amide bonds. The molecule has 0 aliphatic rings. The van der Waals surface area contributed by atoms with Crippen molar-refractivity contribution in [1.82, 2.24) is 15.8 Å². The number of hydrazine groups is 1. The zero-order valence-electron chi connectivity index (χ0n) is 16.8. The Kier molecular flexibility index (Phi) is 7.61. The Morgan fingerprint density at radius 1 is 1.07 bits per heavy atom. The zero-order valence-corrected chi connectivity index (χ0v) is 17.5. The van der Waals surface area contributed by atoms with E-state index in [1.165, 1.54) is 11.9 Å². The van der Waals surface area contributed by atoms with Crippen molar-refractivity contribution in [3.8, 4) is 5.75 Å². The lowest BCUT2D eigenvalue weighted by molar-refractivity contribution is -0.132. The Bertz CT molecular complexity index is 879. The van der Waals surface area contributed by atoms with Crippen LogP contribution < -0.4 is 15.6 Å². The average molecular weight is 418 g/mol. The molecular weight excluding hydrogens is 394 g/mol. The van der Waals surface area contributed by atoms with Crippen molar-refractivity contribution in [2.24, 2.45) is 0 Å². The van der Waals surface area contributed by atoms with Gasteiger partial charge in [-0.05, 0) is 56.2 Å². The van der Waals surface area contributed by atoms with Crippen LogP contribution >= 0.6 is 11.6 Å². The second-order valence-corrected chi connectivity index (χ2v) is 7.13. The van der Waals surface area contributed by atoms with Crippen LogP contribution in [0.4, 0.5) is 0 Å². The Hall–Kier alpha value is -3.06. The number of aryl methyl sites for hydroxylation is 2. The van der Waals surface area contributed by atoms with Crippen LogP contribution in [0.3, 0.4) is 0 Å². The maximum Gasteiger partial charge on any atom is 0.279 e. The van der Waals surface area contributed by atoms with Crippen LogP contribution in [-0.2, 0) is 9.59 Å². The molecule has 0 spiro atoms. The van der Waals surface area contributed by atoms with Crippen molar-refractivity contribution in [2.45, 2.75) is 26.9 Å². The highest BCUT2D eigenvalue weighted by Crippen LogP contribution is 2.27. The Morgan fingerprint density at radius 2 is 1.66 bits per heavy atom. The third-order valence-corrected chi connectivity index (χ3v) is 4.38. The van der Waals surface area contributed by atoms with Gasteiger partial charge in [0.05, 0.1) is 0 Å². The summed E-state index contributed by atoms with van der Waals surface area (Å²) in [5.41, 5.74) is 6.69. The Labute approximate surface area is 175 Å². The summed E-state index contributed by atoms with van der Waals surface area (Å²) in [6.07, 6.45) is -0.849. The van der Waals surface area contributed by atoms with Gasteiger partial charge in [0.1, 0.15) is 12.3 Å². The lowest BCUT2D eigenvalue weighted by Crippen LogP contribution is -2.50. The molecule has 2 aromatic carbocycles. The molecule has 0 saturated carbocycles. The minimum absolute atomic E-state index is 0.210. The van der Waals surface area contributed by atoms with Gasteiger partial charge >= 0.3 is 0 Å². The Morgan fingerprint density at radius 3 is 2.24 bits per heavy atom. The van der Waals surface area contributed by atoms with Crippen LogP contribution in [0.15, 0.2) is 42.5 Å². The topological polar surface area (TPSA) is 87.7 Å². The third kappa shape index (κ3) is 6.22. The van der Waals surface area contributed by atoms with E-state index >= 15 is 0 Å². The number of ether oxygens (including phenoxy) is 1. The number of hydrogen-bond acceptors (Lipinski definition) is 4. The molecule has 0 radical (unpaired) electrons. The molecule has 29 heavy (non-hydrogen) atoms. The second kappa shape index (κ2) is 9.93. The number of amides is 3. The number of likely N-dealkylation sites (N-methyl/N-ethyl adjacent to an activating group) is 1. The average Bonchev–Trinajstić information content (AvgIpc) is 2.68. The van der Waals surface area contributed by atoms with E-state index in [0.29, 0.717) is 16.3 Å². The lowest BCUT2D eigenvalue weighted by Gasteiger charge is -2.20. The Balaban J connectivity index is 1.85. The van der Waals surface area contributed by atoms with Gasteiger partial charge in [0, 0.05) is 17.6 Å². The molecule has 8 heteroatoms. The highest BCUT2D eigenvalue weighted by molar-refractivity contribution is 6.30. The van der Waals surface area contributed by atoms with Gasteiger partial charge in [-0.3, -0.25) is 25.2 Å². The predicted molar refractivity (Wildman–Crippen MR) is 111 cm³/mol. The van der Waals surface area contributed by atoms with E-state index in [1.54, 1.807) is 49.4 Å². The highest BCUT2D eigenvalue weighted by atomic mass is 35.5. The van der Waals surface area contributed by atoms with E-state index in [0.717, 1.165) is 11.1 Å². The molecule has 2 N–H and O–H groups in total. The van der Waals surface area contributed by atoms with Crippen molar-refractivity contribution in [2.75, 3.05) is 13.6 Å². The number of rotatable bonds is 6. The second-order valence-electron chi connectivity index (χ2n) is 6.69. The number of hydrogen-bond donors (Lipinski definition) is 2. The summed E-state index contributed by atoms with van der Waals surface area (Å²) in [7, 11) is 1.51. The van der Waals surface area contributed by atoms with E-state index in [1.807, 2.05) is 13.8 Å². The number of benzene rings is 2. The predicted octanol–water partition coefficient (Wildman–Crippen LogP) is 2.64. The van der Waals surface area contributed by atoms with Crippen LogP contribution in [0.5, 0.6) is 5.75 Å². The molecule has 7 nitrogen and oxygen atoms in total. The first-order chi connectivity index (χ1) is 13.7. The largest absolute Gasteiger partial charge is 0.480 e. The van der Waals surface area contributed by atoms with Gasteiger partial charge in [-0.15, -0.1) is 0 Å². The van der Waals surface area contributed by atoms with Gasteiger partial charge in [-0.2, -0.15) is 0 Å². The third-order valence-electron chi connectivity index (χ3n) is 4.16. The standard InChI is InChI=1S/C21H24ClN3O4/c1-13-10-17(22)11-14(2)19(13)29-15(3)20(27)24-23-18(26)12-25(4)21(28)16-8-6-5-7-9-16/h5-11,15H,12H2,1-4H3,(H,23,26)(H,24,27). The van der Waals surface area contributed by atoms with Gasteiger partial charge in [-0.1, -0.05) is 29.8 Å². The number of halogens is 1. The van der Waals surface area contributed by atoms with Crippen molar-refractivity contribution < 1.29 is 19.1 Å². The molecule has 0 aromatic heterocycles. The molecule has 0 bridgehead atoms. The normalized spacial score (nSPS) is 11.3. The molecule has 0 heterocycles. The van der Waals surface area contributed by atoms with Crippen LogP contribution in [0, 0.1) is 13.8 Å². The molecule has 154 valence electrons. The first kappa shape index (κ1) is 22.2. The minimum atomic E-state index is -0.849. The summed E-state index contributed by atoms with van der Waals surface area (Å²) in [5, 5.41) is 0.589. The monoisotopic (exact) mass is 417 g/mol. The molecule has 0 saturated heterocycles. The van der Waals surface area contributed by atoms with E-state index in [2.05, 4.69) is 10.9 Å². The number of carbonyl (C=O) groups is 3. The van der Waals surface area contributed by atoms with Crippen molar-refractivity contribution in [1.29, 1.82) is 0 Å². The van der Waals surface area contributed by atoms with Gasteiger partial charge in [0.2, 0.25) is 0 Å². The summed E-state index contributed by atoms with van der Waals surface area (Å²) in [5.74, 6) is -0.783. The summed E-state index contributed by atoms with van der Waals surface area (Å²) in [4.78, 5) is 37.8. The molecule has 2 aromatic rings. The fourth-order valence-electron chi connectivity index (χ4n) is 2.67. The number of nitrogens with one attached hydrogen (secondary N) is 2. The van der Waals surface area contributed by atoms with Crippen molar-refractivity contribution >= 4 is 29.3 Å². The van der Waals surface area contributed by atoms with Crippen molar-refractivity contribution in [3.63, 3.8) is 0 Å². The molecule has 0 aliphatic carbocycles. The van der Waals surface area contributed by atoms with E-state index in [4.69, 9.17) is 16.3 Å². The smallest absolute Gasteiger partial charge is 0.279 e. The quantitative estimate of drug-likeness (QED) is 0.707. The molecule has 2 rings (SSSR count). The number of carbonyl (C=O) groups excluding carboxylic acids is 3. The van der Waals surface area contributed by atoms with Crippen molar-refractivity contribution in [3.05, 3.63) is 64.2 Å². The lowest BCUT2D eigenvalue weighted by atomic mass is 10.1. The zero-order chi connectivity index (χ0) is 21.6. The molecule has 0 fully saturated rings. The molecular formula is C21H24ClN3O4. The molecule has 0 aliphatic heterocycles. The van der Waals surface area contributed by atoms with Gasteiger partial charge < -0.3 is 9.64 Å². The summed E-state index contributed by atoms with van der Waals surface area (Å²) in [6.45, 7) is 5.03. The van der Waals surface area contributed by atoms with Gasteiger partial charge in [-0.25, -0.2) is 0 Å². The SMILES string of the molecule is Cc1cc(Cl)cc(C)c1OC(C)C(=O)NNC(=O)CN(C)C(=O)c1ccccc1. The summed E-state index contributed by atoms with van der Waals surface area (Å²) < 4.78 is 5.72. The van der Waals surface area contributed by atoms with Crippen LogP contribution in [0.25, 0.3) is 0 Å². The van der Waals surface area contributed by atoms with E-state index in [-0.39, 0.29) is 12.5 Å². The minimum Gasteiger partial charge on any atom is -0.480 e. The van der Waals surface area contributed by atoms with E-state index in [9.17, 15) is 14.4 Å². The van der Waals surface area contributed by atoms with Gasteiger partial charge in [0.15, 0.2) is 6.10 Å². The fourth-order valence-corrected chi connectivity index (χ4v) is 3.00. The van der Waals surface area contributed by atoms with Gasteiger partial charge in [0.25, 0.3) is 17.7 Å². The molecule has 1 unspecified atom stereocenters. The van der Waals surface area contributed by atoms with E-state index < -0.39 is 17.9 Å². The first-order valence-electron chi connectivity index (χ1n) is 9.01. The fraction of sp³-hybridized carbons (Fsp3) is 0.286. The number of nitrogens with zero attached hydrogens (tertiary/aromatic N) is 1. The summed E-state index contributed by atoms with van der Waals surface area (Å²) >= 11 is 6.00. The maximum atomic E-state index is 12.2. The van der Waals surface area contributed by atoms with Crippen LogP contribution in [0.2, 0.25) is 5.02 Å². The first-order valence-corrected chi connectivity index (χ1v) is 9.39. The maximum absolute atomic E-state index is 12.2. The van der Waals surface area contributed by atoms with Crippen LogP contribution in [0.1, 0.15) is 28.4 Å². The highest BCUT2D eigenvalue weighted by Gasteiger charge is 2.19. The summed E-state index contributed by atoms with van der Waals surface area (Å²) in [6, 6.07) is 12.1.